The molecule has 1 N–H and O–H groups in total. The van der Waals surface area contributed by atoms with Crippen LogP contribution < -0.4 is 5.32 Å². The van der Waals surface area contributed by atoms with Gasteiger partial charge in [0.25, 0.3) is 5.91 Å². The van der Waals surface area contributed by atoms with Crippen molar-refractivity contribution in [3.05, 3.63) is 64.9 Å². The molecule has 32 heavy (non-hydrogen) atoms. The van der Waals surface area contributed by atoms with Gasteiger partial charge in [-0.05, 0) is 30.7 Å². The van der Waals surface area contributed by atoms with Gasteiger partial charge in [-0.15, -0.1) is 17.9 Å². The summed E-state index contributed by atoms with van der Waals surface area (Å²) in [7, 11) is 0. The Kier molecular flexibility index (Phi) is 6.66. The molecule has 0 atom stereocenters. The molecule has 1 saturated heterocycles. The van der Waals surface area contributed by atoms with Crippen LogP contribution in [-0.4, -0.2) is 70.7 Å². The molecule has 2 amide bonds. The first-order chi connectivity index (χ1) is 15.4. The lowest BCUT2D eigenvalue weighted by Gasteiger charge is -2.34. The zero-order valence-electron chi connectivity index (χ0n) is 18.0. The molecule has 2 aromatic heterocycles. The maximum Gasteiger partial charge on any atom is 0.264 e. The van der Waals surface area contributed by atoms with Gasteiger partial charge < -0.3 is 10.2 Å². The Morgan fingerprint density at radius 2 is 1.94 bits per heavy atom. The topological polar surface area (TPSA) is 70.5 Å². The number of carbonyl (C=O) groups is 2. The second-order valence-corrected chi connectivity index (χ2v) is 8.89. The van der Waals surface area contributed by atoms with E-state index in [0.29, 0.717) is 50.7 Å². The lowest BCUT2D eigenvalue weighted by atomic mass is 10.2. The number of aromatic nitrogens is 2. The maximum absolute atomic E-state index is 13.2. The van der Waals surface area contributed by atoms with Gasteiger partial charge in [-0.3, -0.25) is 19.2 Å². The standard InChI is InChI=1S/C23H26FN5O2S/c1-3-8-25-21(30)15-27-9-11-28(12-10-27)22(31)20-13-19-16(2)26-29(23(19)32-20)14-17-4-6-18(24)7-5-17/h3-7,13H,1,8-12,14-15H2,2H3,(H,25,30). The SMILES string of the molecule is C=CCNC(=O)CN1CCN(C(=O)c2cc3c(C)nn(Cc4ccc(F)cc4)c3s2)CC1. The number of fused-ring (bicyclic) bond motifs is 1. The van der Waals surface area contributed by atoms with Gasteiger partial charge in [0.1, 0.15) is 10.6 Å². The summed E-state index contributed by atoms with van der Waals surface area (Å²) < 4.78 is 15.1. The van der Waals surface area contributed by atoms with Gasteiger partial charge in [-0.25, -0.2) is 4.39 Å². The minimum atomic E-state index is -0.267. The number of amides is 2. The highest BCUT2D eigenvalue weighted by molar-refractivity contribution is 7.20. The van der Waals surface area contributed by atoms with Gasteiger partial charge in [0.05, 0.1) is 23.7 Å². The van der Waals surface area contributed by atoms with Crippen LogP contribution in [-0.2, 0) is 11.3 Å². The van der Waals surface area contributed by atoms with Crippen LogP contribution in [0.5, 0.6) is 0 Å². The molecule has 9 heteroatoms. The normalized spacial score (nSPS) is 14.6. The number of hydrogen-bond acceptors (Lipinski definition) is 5. The third-order valence-electron chi connectivity index (χ3n) is 5.53. The van der Waals surface area contributed by atoms with Gasteiger partial charge in [0.2, 0.25) is 5.91 Å². The van der Waals surface area contributed by atoms with E-state index >= 15 is 0 Å². The summed E-state index contributed by atoms with van der Waals surface area (Å²) in [6.45, 7) is 9.33. The molecule has 0 radical (unpaired) electrons. The number of piperazine rings is 1. The first-order valence-corrected chi connectivity index (χ1v) is 11.4. The van der Waals surface area contributed by atoms with Crippen LogP contribution in [0.25, 0.3) is 10.2 Å². The molecule has 3 heterocycles. The molecule has 0 spiro atoms. The number of thiophene rings is 1. The molecular weight excluding hydrogens is 429 g/mol. The molecule has 1 aliphatic heterocycles. The molecular formula is C23H26FN5O2S. The van der Waals surface area contributed by atoms with Crippen molar-refractivity contribution in [3.63, 3.8) is 0 Å². The number of nitrogens with zero attached hydrogens (tertiary/aromatic N) is 4. The monoisotopic (exact) mass is 455 g/mol. The molecule has 7 nitrogen and oxygen atoms in total. The van der Waals surface area contributed by atoms with Crippen molar-refractivity contribution in [3.8, 4) is 0 Å². The molecule has 0 aliphatic carbocycles. The lowest BCUT2D eigenvalue weighted by molar-refractivity contribution is -0.122. The van der Waals surface area contributed by atoms with E-state index < -0.39 is 0 Å². The van der Waals surface area contributed by atoms with Gasteiger partial charge >= 0.3 is 0 Å². The number of halogens is 1. The Bertz CT molecular complexity index is 1130. The average Bonchev–Trinajstić information content (AvgIpc) is 3.35. The van der Waals surface area contributed by atoms with E-state index in [2.05, 4.69) is 21.9 Å². The molecule has 0 unspecified atom stereocenters. The molecule has 1 aromatic carbocycles. The summed E-state index contributed by atoms with van der Waals surface area (Å²) >= 11 is 1.44. The van der Waals surface area contributed by atoms with Crippen molar-refractivity contribution in [1.82, 2.24) is 24.9 Å². The fourth-order valence-corrected chi connectivity index (χ4v) is 4.93. The second-order valence-electron chi connectivity index (χ2n) is 7.86. The van der Waals surface area contributed by atoms with Crippen LogP contribution in [0.15, 0.2) is 43.0 Å². The predicted molar refractivity (Wildman–Crippen MR) is 123 cm³/mol. The first-order valence-electron chi connectivity index (χ1n) is 10.5. The fourth-order valence-electron chi connectivity index (χ4n) is 3.80. The van der Waals surface area contributed by atoms with E-state index in [-0.39, 0.29) is 17.6 Å². The highest BCUT2D eigenvalue weighted by Gasteiger charge is 2.25. The number of benzene rings is 1. The van der Waals surface area contributed by atoms with Gasteiger partial charge in [-0.2, -0.15) is 5.10 Å². The van der Waals surface area contributed by atoms with Gasteiger partial charge in [0, 0.05) is 38.1 Å². The summed E-state index contributed by atoms with van der Waals surface area (Å²) in [5, 5.41) is 8.34. The summed E-state index contributed by atoms with van der Waals surface area (Å²) in [5.41, 5.74) is 1.82. The molecule has 3 aromatic rings. The highest BCUT2D eigenvalue weighted by Crippen LogP contribution is 2.30. The molecule has 168 valence electrons. The third kappa shape index (κ3) is 4.89. The molecule has 0 bridgehead atoms. The molecule has 4 rings (SSSR count). The van der Waals surface area contributed by atoms with E-state index in [1.165, 1.54) is 23.5 Å². The summed E-state index contributed by atoms with van der Waals surface area (Å²) in [6, 6.07) is 8.29. The van der Waals surface area contributed by atoms with Crippen LogP contribution in [0.2, 0.25) is 0 Å². The predicted octanol–water partition coefficient (Wildman–Crippen LogP) is 2.65. The van der Waals surface area contributed by atoms with Crippen LogP contribution in [0.1, 0.15) is 20.9 Å². The minimum Gasteiger partial charge on any atom is -0.352 e. The summed E-state index contributed by atoms with van der Waals surface area (Å²) in [4.78, 5) is 30.5. The van der Waals surface area contributed by atoms with Crippen LogP contribution in [0.3, 0.4) is 0 Å². The van der Waals surface area contributed by atoms with Crippen molar-refractivity contribution in [2.75, 3.05) is 39.3 Å². The zero-order chi connectivity index (χ0) is 22.7. The number of nitrogens with one attached hydrogen (secondary N) is 1. The fraction of sp³-hybridized carbons (Fsp3) is 0.348. The van der Waals surface area contributed by atoms with E-state index in [1.807, 2.05) is 22.6 Å². The van der Waals surface area contributed by atoms with Crippen molar-refractivity contribution in [2.45, 2.75) is 13.5 Å². The van der Waals surface area contributed by atoms with Crippen molar-refractivity contribution in [2.24, 2.45) is 0 Å². The Labute approximate surface area is 190 Å². The Morgan fingerprint density at radius 3 is 2.62 bits per heavy atom. The van der Waals surface area contributed by atoms with Crippen molar-refractivity contribution in [1.29, 1.82) is 0 Å². The quantitative estimate of drug-likeness (QED) is 0.556. The number of aryl methyl sites for hydroxylation is 1. The Morgan fingerprint density at radius 1 is 1.22 bits per heavy atom. The smallest absolute Gasteiger partial charge is 0.264 e. The van der Waals surface area contributed by atoms with Crippen LogP contribution in [0.4, 0.5) is 4.39 Å². The number of carbonyl (C=O) groups excluding carboxylic acids is 2. The van der Waals surface area contributed by atoms with E-state index in [4.69, 9.17) is 0 Å². The molecule has 1 aliphatic rings. The number of hydrogen-bond donors (Lipinski definition) is 1. The third-order valence-corrected chi connectivity index (χ3v) is 6.67. The second kappa shape index (κ2) is 9.62. The van der Waals surface area contributed by atoms with Crippen molar-refractivity contribution < 1.29 is 14.0 Å². The maximum atomic E-state index is 13.2. The minimum absolute atomic E-state index is 0.00897. The van der Waals surface area contributed by atoms with Crippen LogP contribution in [0, 0.1) is 12.7 Å². The van der Waals surface area contributed by atoms with E-state index in [9.17, 15) is 14.0 Å². The zero-order valence-corrected chi connectivity index (χ0v) is 18.8. The molecule has 1 fully saturated rings. The highest BCUT2D eigenvalue weighted by atomic mass is 32.1. The number of rotatable bonds is 7. The van der Waals surface area contributed by atoms with E-state index in [0.717, 1.165) is 21.5 Å². The van der Waals surface area contributed by atoms with Gasteiger partial charge in [-0.1, -0.05) is 18.2 Å². The Balaban J connectivity index is 1.41. The van der Waals surface area contributed by atoms with E-state index in [1.54, 1.807) is 18.2 Å². The molecule has 0 saturated carbocycles. The first kappa shape index (κ1) is 22.2. The van der Waals surface area contributed by atoms with Crippen molar-refractivity contribution >= 4 is 33.4 Å². The Hall–Kier alpha value is -3.04. The lowest BCUT2D eigenvalue weighted by Crippen LogP contribution is -2.51. The summed E-state index contributed by atoms with van der Waals surface area (Å²) in [6.07, 6.45) is 1.65. The average molecular weight is 456 g/mol. The summed E-state index contributed by atoms with van der Waals surface area (Å²) in [5.74, 6) is -0.290. The largest absolute Gasteiger partial charge is 0.352 e. The van der Waals surface area contributed by atoms with Gasteiger partial charge in [0.15, 0.2) is 0 Å². The van der Waals surface area contributed by atoms with Crippen LogP contribution >= 0.6 is 11.3 Å².